The average Bonchev–Trinajstić information content (AvgIpc) is 2.99. The molecule has 0 amide bonds. The maximum Gasteiger partial charge on any atom is 0.269 e. The number of hydrogen-bond donors (Lipinski definition) is 1. The van der Waals surface area contributed by atoms with Crippen molar-refractivity contribution in [2.45, 2.75) is 0 Å². The van der Waals surface area contributed by atoms with Crippen LogP contribution in [-0.4, -0.2) is 14.6 Å². The Kier molecular flexibility index (Phi) is 4.09. The van der Waals surface area contributed by atoms with Gasteiger partial charge < -0.3 is 5.11 Å². The summed E-state index contributed by atoms with van der Waals surface area (Å²) >= 11 is 1.24. The second-order valence-electron chi connectivity index (χ2n) is 4.74. The molecule has 7 nitrogen and oxygen atoms in total. The Hall–Kier alpha value is -3.44. The normalized spacial score (nSPS) is 11.2. The predicted octanol–water partition coefficient (Wildman–Crippen LogP) is 3.20. The second-order valence-corrected chi connectivity index (χ2v) is 5.58. The summed E-state index contributed by atoms with van der Waals surface area (Å²) < 4.78 is 1.67. The lowest BCUT2D eigenvalue weighted by Crippen LogP contribution is -2.13. The van der Waals surface area contributed by atoms with Crippen molar-refractivity contribution in [3.63, 3.8) is 0 Å². The molecule has 24 heavy (non-hydrogen) atoms. The number of rotatable bonds is 3. The number of nitrogens with zero attached hydrogens (tertiary/aromatic N) is 4. The van der Waals surface area contributed by atoms with Crippen LogP contribution in [0.2, 0.25) is 0 Å². The Morgan fingerprint density at radius 1 is 1.21 bits per heavy atom. The molecule has 2 aromatic carbocycles. The standard InChI is InChI=1S/C16H10N4O3S/c17-10-18-16-19(11-5-7-12(8-6-11)20(22)23)14(9-24-16)13-3-1-2-4-15(13)21/h1-9,21H/b18-16-. The van der Waals surface area contributed by atoms with E-state index in [1.54, 1.807) is 52.5 Å². The molecule has 1 N–H and O–H groups in total. The van der Waals surface area contributed by atoms with Crippen molar-refractivity contribution in [3.05, 3.63) is 68.8 Å². The van der Waals surface area contributed by atoms with Crippen molar-refractivity contribution >= 4 is 17.0 Å². The van der Waals surface area contributed by atoms with E-state index < -0.39 is 4.92 Å². The minimum Gasteiger partial charge on any atom is -0.507 e. The van der Waals surface area contributed by atoms with Crippen molar-refractivity contribution in [1.29, 1.82) is 5.26 Å². The Morgan fingerprint density at radius 2 is 1.92 bits per heavy atom. The number of nitro groups is 1. The van der Waals surface area contributed by atoms with E-state index in [1.165, 1.54) is 23.5 Å². The molecule has 0 fully saturated rings. The maximum absolute atomic E-state index is 10.8. The molecule has 3 aromatic rings. The number of para-hydroxylation sites is 1. The molecule has 0 atom stereocenters. The van der Waals surface area contributed by atoms with Crippen LogP contribution in [0.3, 0.4) is 0 Å². The van der Waals surface area contributed by atoms with Gasteiger partial charge in [-0.1, -0.05) is 12.1 Å². The molecule has 0 spiro atoms. The van der Waals surface area contributed by atoms with Gasteiger partial charge in [0, 0.05) is 28.8 Å². The summed E-state index contributed by atoms with van der Waals surface area (Å²) in [6.45, 7) is 0. The van der Waals surface area contributed by atoms with Gasteiger partial charge in [-0.25, -0.2) is 0 Å². The Morgan fingerprint density at radius 3 is 2.54 bits per heavy atom. The van der Waals surface area contributed by atoms with Crippen molar-refractivity contribution in [2.24, 2.45) is 4.99 Å². The summed E-state index contributed by atoms with van der Waals surface area (Å²) in [5.74, 6) is 0.0921. The largest absolute Gasteiger partial charge is 0.507 e. The maximum atomic E-state index is 10.8. The number of nitro benzene ring substituents is 1. The molecule has 3 rings (SSSR count). The first kappa shape index (κ1) is 15.5. The Balaban J connectivity index is 2.24. The van der Waals surface area contributed by atoms with E-state index >= 15 is 0 Å². The summed E-state index contributed by atoms with van der Waals surface area (Å²) in [6, 6.07) is 12.7. The fourth-order valence-electron chi connectivity index (χ4n) is 2.28. The number of phenols is 1. The van der Waals surface area contributed by atoms with Gasteiger partial charge in [-0.05, 0) is 24.3 Å². The highest BCUT2D eigenvalue weighted by molar-refractivity contribution is 7.07. The van der Waals surface area contributed by atoms with E-state index in [0.29, 0.717) is 21.7 Å². The van der Waals surface area contributed by atoms with Crippen LogP contribution in [0.15, 0.2) is 58.9 Å². The van der Waals surface area contributed by atoms with Crippen LogP contribution in [-0.2, 0) is 0 Å². The quantitative estimate of drug-likeness (QED) is 0.450. The molecule has 0 bridgehead atoms. The molecule has 0 aliphatic rings. The van der Waals surface area contributed by atoms with Crippen LogP contribution < -0.4 is 4.80 Å². The summed E-state index contributed by atoms with van der Waals surface area (Å²) in [5, 5.41) is 31.6. The number of thiazole rings is 1. The lowest BCUT2D eigenvalue weighted by Gasteiger charge is -2.10. The highest BCUT2D eigenvalue weighted by Crippen LogP contribution is 2.31. The highest BCUT2D eigenvalue weighted by Gasteiger charge is 2.14. The zero-order valence-corrected chi connectivity index (χ0v) is 13.0. The van der Waals surface area contributed by atoms with Crippen molar-refractivity contribution in [3.8, 4) is 28.9 Å². The Labute approximate surface area is 140 Å². The van der Waals surface area contributed by atoms with Gasteiger partial charge in [-0.2, -0.15) is 5.26 Å². The molecule has 0 radical (unpaired) electrons. The first-order valence-corrected chi connectivity index (χ1v) is 7.66. The number of non-ortho nitro benzene ring substituents is 1. The minimum absolute atomic E-state index is 0.0301. The number of nitriles is 1. The number of aromatic hydroxyl groups is 1. The van der Waals surface area contributed by atoms with E-state index in [2.05, 4.69) is 4.99 Å². The van der Waals surface area contributed by atoms with Crippen LogP contribution >= 0.6 is 11.3 Å². The predicted molar refractivity (Wildman–Crippen MR) is 88.6 cm³/mol. The van der Waals surface area contributed by atoms with Gasteiger partial charge in [0.25, 0.3) is 5.69 Å². The van der Waals surface area contributed by atoms with Crippen molar-refractivity contribution < 1.29 is 10.0 Å². The van der Waals surface area contributed by atoms with Crippen molar-refractivity contribution in [1.82, 2.24) is 4.57 Å². The fourth-order valence-corrected chi connectivity index (χ4v) is 3.14. The Bertz CT molecular complexity index is 1010. The minimum atomic E-state index is -0.480. The molecule has 0 saturated heterocycles. The number of benzene rings is 2. The van der Waals surface area contributed by atoms with Crippen LogP contribution in [0.1, 0.15) is 0 Å². The lowest BCUT2D eigenvalue weighted by atomic mass is 10.1. The third-order valence-corrected chi connectivity index (χ3v) is 4.18. The molecule has 0 aliphatic heterocycles. The van der Waals surface area contributed by atoms with Gasteiger partial charge in [0.15, 0.2) is 0 Å². The van der Waals surface area contributed by atoms with Crippen molar-refractivity contribution in [2.75, 3.05) is 0 Å². The fraction of sp³-hybridized carbons (Fsp3) is 0. The molecule has 0 aliphatic carbocycles. The molecule has 118 valence electrons. The van der Waals surface area contributed by atoms with Gasteiger partial charge >= 0.3 is 0 Å². The smallest absolute Gasteiger partial charge is 0.269 e. The van der Waals surface area contributed by atoms with Gasteiger partial charge in [0.05, 0.1) is 10.6 Å². The van der Waals surface area contributed by atoms with E-state index in [1.807, 2.05) is 0 Å². The van der Waals surface area contributed by atoms with Crippen LogP contribution in [0.4, 0.5) is 5.69 Å². The molecule has 1 aromatic heterocycles. The van der Waals surface area contributed by atoms with Gasteiger partial charge in [0.1, 0.15) is 5.75 Å². The van der Waals surface area contributed by atoms with Gasteiger partial charge in [-0.3, -0.25) is 14.7 Å². The number of hydrogen-bond acceptors (Lipinski definition) is 6. The topological polar surface area (TPSA) is 104 Å². The van der Waals surface area contributed by atoms with Gasteiger partial charge in [-0.15, -0.1) is 16.3 Å². The zero-order valence-electron chi connectivity index (χ0n) is 12.2. The zero-order chi connectivity index (χ0) is 17.1. The monoisotopic (exact) mass is 338 g/mol. The van der Waals surface area contributed by atoms with Crippen LogP contribution in [0, 0.1) is 21.6 Å². The van der Waals surface area contributed by atoms with E-state index in [0.717, 1.165) is 0 Å². The lowest BCUT2D eigenvalue weighted by molar-refractivity contribution is -0.384. The van der Waals surface area contributed by atoms with Crippen LogP contribution in [0.5, 0.6) is 5.75 Å². The summed E-state index contributed by atoms with van der Waals surface area (Å²) in [4.78, 5) is 14.5. The molecule has 8 heteroatoms. The number of aromatic nitrogens is 1. The van der Waals surface area contributed by atoms with E-state index in [9.17, 15) is 15.2 Å². The summed E-state index contributed by atoms with van der Waals surface area (Å²) in [6.07, 6.45) is 1.75. The number of phenolic OH excluding ortho intramolecular Hbond substituents is 1. The summed E-state index contributed by atoms with van der Waals surface area (Å²) in [7, 11) is 0. The molecular formula is C16H10N4O3S. The average molecular weight is 338 g/mol. The van der Waals surface area contributed by atoms with Gasteiger partial charge in [0.2, 0.25) is 11.0 Å². The first-order valence-electron chi connectivity index (χ1n) is 6.78. The van der Waals surface area contributed by atoms with Crippen LogP contribution in [0.25, 0.3) is 16.9 Å². The van der Waals surface area contributed by atoms with E-state index in [4.69, 9.17) is 5.26 Å². The molecule has 0 unspecified atom stereocenters. The summed E-state index contributed by atoms with van der Waals surface area (Å²) in [5.41, 5.74) is 1.79. The SMILES string of the molecule is N#C/N=c1\scc(-c2ccccc2O)n1-c1ccc([N+](=O)[O-])cc1. The second kappa shape index (κ2) is 6.36. The molecule has 1 heterocycles. The first-order chi connectivity index (χ1) is 11.6. The highest BCUT2D eigenvalue weighted by atomic mass is 32.1. The third kappa shape index (κ3) is 2.76. The van der Waals surface area contributed by atoms with E-state index in [-0.39, 0.29) is 11.4 Å². The molecular weight excluding hydrogens is 328 g/mol. The molecule has 0 saturated carbocycles. The third-order valence-electron chi connectivity index (χ3n) is 3.35.